The standard InChI is InChI=1S/C19H16ClN5O/c1-11-15-8-13(4-7-16(15)22-21-11)19-24-23-18-10-26-9-17(25(18)19)12-2-5-14(20)6-3-12/h2-8,17H,9-10H2,1H3,(H,21,22). The average Bonchev–Trinajstić information content (AvgIpc) is 3.26. The lowest BCUT2D eigenvalue weighted by Gasteiger charge is -2.26. The van der Waals surface area contributed by atoms with Gasteiger partial charge in [0.25, 0.3) is 0 Å². The van der Waals surface area contributed by atoms with E-state index in [9.17, 15) is 0 Å². The minimum atomic E-state index is 0.0159. The summed E-state index contributed by atoms with van der Waals surface area (Å²) in [7, 11) is 0. The minimum absolute atomic E-state index is 0.0159. The van der Waals surface area contributed by atoms with E-state index in [1.54, 1.807) is 0 Å². The number of ether oxygens (including phenoxy) is 1. The van der Waals surface area contributed by atoms with Crippen LogP contribution in [0.1, 0.15) is 23.1 Å². The molecule has 26 heavy (non-hydrogen) atoms. The molecule has 1 N–H and O–H groups in total. The Bertz CT molecular complexity index is 1100. The fraction of sp³-hybridized carbons (Fsp3) is 0.211. The van der Waals surface area contributed by atoms with E-state index in [2.05, 4.69) is 31.0 Å². The molecule has 0 fully saturated rings. The van der Waals surface area contributed by atoms with E-state index < -0.39 is 0 Å². The SMILES string of the molecule is Cc1[nH]nc2ccc(-c3nnc4n3C(c3ccc(Cl)cc3)COC4)cc12. The third kappa shape index (κ3) is 2.41. The molecule has 4 aromatic rings. The van der Waals surface area contributed by atoms with Crippen LogP contribution in [0.5, 0.6) is 0 Å². The van der Waals surface area contributed by atoms with Crippen molar-refractivity contribution in [2.75, 3.05) is 6.61 Å². The molecule has 0 aliphatic carbocycles. The van der Waals surface area contributed by atoms with Gasteiger partial charge in [0, 0.05) is 21.7 Å². The van der Waals surface area contributed by atoms with Crippen LogP contribution in [0, 0.1) is 6.92 Å². The summed E-state index contributed by atoms with van der Waals surface area (Å²) in [5.74, 6) is 1.67. The van der Waals surface area contributed by atoms with Gasteiger partial charge in [-0.05, 0) is 42.8 Å². The molecule has 3 heterocycles. The molecule has 0 bridgehead atoms. The number of benzene rings is 2. The number of aromatic nitrogens is 5. The van der Waals surface area contributed by atoms with E-state index in [4.69, 9.17) is 16.3 Å². The second-order valence-electron chi connectivity index (χ2n) is 6.47. The quantitative estimate of drug-likeness (QED) is 0.585. The molecule has 1 aliphatic heterocycles. The van der Waals surface area contributed by atoms with Crippen molar-refractivity contribution in [3.8, 4) is 11.4 Å². The molecule has 0 saturated carbocycles. The molecule has 6 nitrogen and oxygen atoms in total. The Labute approximate surface area is 154 Å². The van der Waals surface area contributed by atoms with Crippen molar-refractivity contribution in [3.05, 3.63) is 64.6 Å². The van der Waals surface area contributed by atoms with Crippen LogP contribution >= 0.6 is 11.6 Å². The highest BCUT2D eigenvalue weighted by molar-refractivity contribution is 6.30. The second kappa shape index (κ2) is 5.93. The van der Waals surface area contributed by atoms with E-state index in [-0.39, 0.29) is 6.04 Å². The highest BCUT2D eigenvalue weighted by atomic mass is 35.5. The van der Waals surface area contributed by atoms with E-state index >= 15 is 0 Å². The number of fused-ring (bicyclic) bond motifs is 2. The Morgan fingerprint density at radius 2 is 2.00 bits per heavy atom. The highest BCUT2D eigenvalue weighted by Gasteiger charge is 2.27. The molecule has 1 aliphatic rings. The van der Waals surface area contributed by atoms with Gasteiger partial charge >= 0.3 is 0 Å². The van der Waals surface area contributed by atoms with Crippen LogP contribution < -0.4 is 0 Å². The van der Waals surface area contributed by atoms with Gasteiger partial charge in [-0.3, -0.25) is 9.67 Å². The van der Waals surface area contributed by atoms with Gasteiger partial charge in [-0.1, -0.05) is 23.7 Å². The number of aryl methyl sites for hydroxylation is 1. The van der Waals surface area contributed by atoms with Crippen molar-refractivity contribution in [3.63, 3.8) is 0 Å². The van der Waals surface area contributed by atoms with E-state index in [0.717, 1.165) is 44.4 Å². The summed E-state index contributed by atoms with van der Waals surface area (Å²) in [5.41, 5.74) is 4.12. The molecule has 0 amide bonds. The molecular formula is C19H16ClN5O. The smallest absolute Gasteiger partial charge is 0.164 e. The Morgan fingerprint density at radius 3 is 2.85 bits per heavy atom. The number of rotatable bonds is 2. The summed E-state index contributed by atoms with van der Waals surface area (Å²) in [6.07, 6.45) is 0. The monoisotopic (exact) mass is 365 g/mol. The fourth-order valence-corrected chi connectivity index (χ4v) is 3.62. The van der Waals surface area contributed by atoms with Gasteiger partial charge in [0.05, 0.1) is 18.2 Å². The number of hydrogen-bond acceptors (Lipinski definition) is 4. The maximum atomic E-state index is 6.04. The molecule has 2 aromatic heterocycles. The summed E-state index contributed by atoms with van der Waals surface area (Å²) in [4.78, 5) is 0. The second-order valence-corrected chi connectivity index (χ2v) is 6.91. The number of hydrogen-bond donors (Lipinski definition) is 1. The molecule has 0 radical (unpaired) electrons. The van der Waals surface area contributed by atoms with Gasteiger partial charge < -0.3 is 4.74 Å². The van der Waals surface area contributed by atoms with Crippen LogP contribution in [0.4, 0.5) is 0 Å². The predicted octanol–water partition coefficient (Wildman–Crippen LogP) is 3.90. The maximum absolute atomic E-state index is 6.04. The lowest BCUT2D eigenvalue weighted by Crippen LogP contribution is -2.25. The first kappa shape index (κ1) is 15.5. The summed E-state index contributed by atoms with van der Waals surface area (Å²) in [6, 6.07) is 14.0. The zero-order valence-electron chi connectivity index (χ0n) is 14.1. The maximum Gasteiger partial charge on any atom is 0.164 e. The Morgan fingerprint density at radius 1 is 1.15 bits per heavy atom. The van der Waals surface area contributed by atoms with Gasteiger partial charge in [0.2, 0.25) is 0 Å². The lowest BCUT2D eigenvalue weighted by molar-refractivity contribution is 0.0668. The molecule has 2 aromatic carbocycles. The van der Waals surface area contributed by atoms with Gasteiger partial charge in [-0.25, -0.2) is 0 Å². The lowest BCUT2D eigenvalue weighted by atomic mass is 10.0. The molecule has 1 atom stereocenters. The minimum Gasteiger partial charge on any atom is -0.371 e. The number of H-pyrrole nitrogens is 1. The van der Waals surface area contributed by atoms with Crippen LogP contribution in [-0.4, -0.2) is 31.6 Å². The van der Waals surface area contributed by atoms with Crippen molar-refractivity contribution in [1.82, 2.24) is 25.0 Å². The number of aromatic amines is 1. The summed E-state index contributed by atoms with van der Waals surface area (Å²) < 4.78 is 7.92. The van der Waals surface area contributed by atoms with E-state index in [0.29, 0.717) is 13.2 Å². The largest absolute Gasteiger partial charge is 0.371 e. The molecule has 0 spiro atoms. The van der Waals surface area contributed by atoms with E-state index in [1.165, 1.54) is 0 Å². The Kier molecular flexibility index (Phi) is 3.55. The number of nitrogens with zero attached hydrogens (tertiary/aromatic N) is 4. The number of halogens is 1. The van der Waals surface area contributed by atoms with Crippen molar-refractivity contribution >= 4 is 22.5 Å². The Hall–Kier alpha value is -2.70. The third-order valence-corrected chi connectivity index (χ3v) is 5.09. The van der Waals surface area contributed by atoms with Gasteiger partial charge in [0.1, 0.15) is 6.61 Å². The highest BCUT2D eigenvalue weighted by Crippen LogP contribution is 2.32. The van der Waals surface area contributed by atoms with Crippen LogP contribution in [0.3, 0.4) is 0 Å². The van der Waals surface area contributed by atoms with E-state index in [1.807, 2.05) is 43.3 Å². The van der Waals surface area contributed by atoms with Crippen molar-refractivity contribution in [2.45, 2.75) is 19.6 Å². The molecular weight excluding hydrogens is 350 g/mol. The zero-order valence-corrected chi connectivity index (χ0v) is 14.9. The summed E-state index contributed by atoms with van der Waals surface area (Å²) in [6.45, 7) is 3.06. The average molecular weight is 366 g/mol. The van der Waals surface area contributed by atoms with Crippen molar-refractivity contribution < 1.29 is 4.74 Å². The first-order valence-electron chi connectivity index (χ1n) is 8.43. The van der Waals surface area contributed by atoms with Gasteiger partial charge in [-0.2, -0.15) is 5.10 Å². The molecule has 0 saturated heterocycles. The van der Waals surface area contributed by atoms with Crippen LogP contribution in [0.2, 0.25) is 5.02 Å². The third-order valence-electron chi connectivity index (χ3n) is 4.84. The fourth-order valence-electron chi connectivity index (χ4n) is 3.49. The van der Waals surface area contributed by atoms with Crippen molar-refractivity contribution in [1.29, 1.82) is 0 Å². The van der Waals surface area contributed by atoms with Crippen LogP contribution in [0.25, 0.3) is 22.3 Å². The van der Waals surface area contributed by atoms with Crippen molar-refractivity contribution in [2.24, 2.45) is 0 Å². The van der Waals surface area contributed by atoms with Gasteiger partial charge in [0.15, 0.2) is 11.6 Å². The predicted molar refractivity (Wildman–Crippen MR) is 99.1 cm³/mol. The normalized spacial score (nSPS) is 16.8. The first-order valence-corrected chi connectivity index (χ1v) is 8.80. The Balaban J connectivity index is 1.66. The summed E-state index contributed by atoms with van der Waals surface area (Å²) in [5, 5.41) is 17.9. The summed E-state index contributed by atoms with van der Waals surface area (Å²) >= 11 is 6.04. The molecule has 1 unspecified atom stereocenters. The first-order chi connectivity index (χ1) is 12.7. The zero-order chi connectivity index (χ0) is 17.7. The number of nitrogens with one attached hydrogen (secondary N) is 1. The molecule has 5 rings (SSSR count). The molecule has 130 valence electrons. The van der Waals surface area contributed by atoms with Crippen LogP contribution in [0.15, 0.2) is 42.5 Å². The molecule has 7 heteroatoms. The van der Waals surface area contributed by atoms with Crippen LogP contribution in [-0.2, 0) is 11.3 Å². The van der Waals surface area contributed by atoms with Gasteiger partial charge in [-0.15, -0.1) is 10.2 Å². The topological polar surface area (TPSA) is 68.6 Å².